The second-order valence-electron chi connectivity index (χ2n) is 3.90. The Balaban J connectivity index is 2.78. The Hall–Kier alpha value is -2.19. The monoisotopic (exact) mass is 263 g/mol. The SMILES string of the molecule is Cc1[nH]c(=O)n(-c2ccc(C#N)c(Cl)c2C)c1O. The molecule has 0 fully saturated rings. The topological polar surface area (TPSA) is 81.8 Å². The normalized spacial score (nSPS) is 10.3. The highest BCUT2D eigenvalue weighted by atomic mass is 35.5. The van der Waals surface area contributed by atoms with E-state index in [-0.39, 0.29) is 10.9 Å². The van der Waals surface area contributed by atoms with Crippen molar-refractivity contribution in [2.24, 2.45) is 0 Å². The molecule has 18 heavy (non-hydrogen) atoms. The van der Waals surface area contributed by atoms with Gasteiger partial charge in [0.25, 0.3) is 0 Å². The largest absolute Gasteiger partial charge is 0.493 e. The van der Waals surface area contributed by atoms with Crippen LogP contribution in [-0.2, 0) is 0 Å². The Morgan fingerprint density at radius 1 is 1.44 bits per heavy atom. The third-order valence-corrected chi connectivity index (χ3v) is 3.25. The molecule has 2 N–H and O–H groups in total. The van der Waals surface area contributed by atoms with Crippen molar-refractivity contribution in [3.8, 4) is 17.6 Å². The molecule has 0 saturated carbocycles. The molecule has 0 aliphatic heterocycles. The van der Waals surface area contributed by atoms with Gasteiger partial charge >= 0.3 is 5.69 Å². The molecule has 0 atom stereocenters. The van der Waals surface area contributed by atoms with Gasteiger partial charge in [-0.3, -0.25) is 0 Å². The number of nitrogens with zero attached hydrogens (tertiary/aromatic N) is 2. The van der Waals surface area contributed by atoms with E-state index in [2.05, 4.69) is 4.98 Å². The lowest BCUT2D eigenvalue weighted by Gasteiger charge is -2.09. The molecule has 2 aromatic rings. The molecule has 0 aliphatic rings. The molecular formula is C12H10ClN3O2. The van der Waals surface area contributed by atoms with E-state index in [1.165, 1.54) is 6.07 Å². The smallest absolute Gasteiger partial charge is 0.333 e. The van der Waals surface area contributed by atoms with Crippen LogP contribution in [0.1, 0.15) is 16.8 Å². The summed E-state index contributed by atoms with van der Waals surface area (Å²) >= 11 is 6.03. The number of aromatic hydroxyl groups is 1. The number of aryl methyl sites for hydroxylation is 1. The van der Waals surface area contributed by atoms with Crippen LogP contribution in [0, 0.1) is 25.2 Å². The van der Waals surface area contributed by atoms with E-state index in [1.807, 2.05) is 6.07 Å². The number of hydrogen-bond donors (Lipinski definition) is 2. The molecule has 0 unspecified atom stereocenters. The first-order valence-electron chi connectivity index (χ1n) is 5.17. The molecule has 5 nitrogen and oxygen atoms in total. The predicted octanol–water partition coefficient (Wildman–Crippen LogP) is 2.01. The van der Waals surface area contributed by atoms with Crippen LogP contribution in [0.2, 0.25) is 5.02 Å². The number of hydrogen-bond acceptors (Lipinski definition) is 3. The minimum Gasteiger partial charge on any atom is -0.493 e. The number of nitrogens with one attached hydrogen (secondary N) is 1. The van der Waals surface area contributed by atoms with Crippen LogP contribution in [0.4, 0.5) is 0 Å². The third-order valence-electron chi connectivity index (χ3n) is 2.76. The number of H-pyrrole nitrogens is 1. The van der Waals surface area contributed by atoms with E-state index in [0.717, 1.165) is 4.57 Å². The van der Waals surface area contributed by atoms with Gasteiger partial charge in [-0.05, 0) is 31.5 Å². The maximum absolute atomic E-state index is 11.7. The summed E-state index contributed by atoms with van der Waals surface area (Å²) in [5, 5.41) is 19.0. The molecule has 1 aromatic heterocycles. The molecule has 0 aliphatic carbocycles. The first kappa shape index (κ1) is 12.3. The summed E-state index contributed by atoms with van der Waals surface area (Å²) in [7, 11) is 0. The lowest BCUT2D eigenvalue weighted by atomic mass is 10.1. The van der Waals surface area contributed by atoms with E-state index in [0.29, 0.717) is 22.5 Å². The Kier molecular flexibility index (Phi) is 2.89. The van der Waals surface area contributed by atoms with Gasteiger partial charge in [0.1, 0.15) is 6.07 Å². The van der Waals surface area contributed by atoms with Crippen LogP contribution in [0.15, 0.2) is 16.9 Å². The van der Waals surface area contributed by atoms with Gasteiger partial charge < -0.3 is 10.1 Å². The second kappa shape index (κ2) is 4.24. The van der Waals surface area contributed by atoms with Crippen LogP contribution in [0.25, 0.3) is 5.69 Å². The van der Waals surface area contributed by atoms with E-state index in [9.17, 15) is 9.90 Å². The predicted molar refractivity (Wildman–Crippen MR) is 67.3 cm³/mol. The average molecular weight is 264 g/mol. The molecule has 0 amide bonds. The average Bonchev–Trinajstić information content (AvgIpc) is 2.58. The Morgan fingerprint density at radius 2 is 2.11 bits per heavy atom. The fourth-order valence-electron chi connectivity index (χ4n) is 1.76. The number of aromatic nitrogens is 2. The molecule has 2 rings (SSSR count). The molecule has 0 spiro atoms. The molecular weight excluding hydrogens is 254 g/mol. The van der Waals surface area contributed by atoms with Crippen molar-refractivity contribution in [1.29, 1.82) is 5.26 Å². The van der Waals surface area contributed by atoms with Gasteiger partial charge in [0.2, 0.25) is 5.88 Å². The fraction of sp³-hybridized carbons (Fsp3) is 0.167. The molecule has 6 heteroatoms. The van der Waals surface area contributed by atoms with Gasteiger partial charge in [-0.25, -0.2) is 9.36 Å². The summed E-state index contributed by atoms with van der Waals surface area (Å²) in [5.74, 6) is -0.163. The second-order valence-corrected chi connectivity index (χ2v) is 4.28. The van der Waals surface area contributed by atoms with E-state index < -0.39 is 5.69 Å². The van der Waals surface area contributed by atoms with E-state index in [1.54, 1.807) is 19.9 Å². The maximum Gasteiger partial charge on any atom is 0.333 e. The van der Waals surface area contributed by atoms with E-state index >= 15 is 0 Å². The minimum absolute atomic E-state index is 0.163. The van der Waals surface area contributed by atoms with Crippen molar-refractivity contribution < 1.29 is 5.11 Å². The zero-order valence-corrected chi connectivity index (χ0v) is 10.5. The first-order chi connectivity index (χ1) is 8.47. The zero-order chi connectivity index (χ0) is 13.4. The number of rotatable bonds is 1. The van der Waals surface area contributed by atoms with Gasteiger partial charge in [-0.1, -0.05) is 11.6 Å². The maximum atomic E-state index is 11.7. The van der Waals surface area contributed by atoms with E-state index in [4.69, 9.17) is 16.9 Å². The van der Waals surface area contributed by atoms with Crippen molar-refractivity contribution in [2.75, 3.05) is 0 Å². The van der Waals surface area contributed by atoms with Crippen molar-refractivity contribution in [3.63, 3.8) is 0 Å². The van der Waals surface area contributed by atoms with Crippen LogP contribution in [0.5, 0.6) is 5.88 Å². The summed E-state index contributed by atoms with van der Waals surface area (Å²) in [5.41, 5.74) is 1.27. The number of benzene rings is 1. The Morgan fingerprint density at radius 3 is 2.61 bits per heavy atom. The van der Waals surface area contributed by atoms with Crippen molar-refractivity contribution in [3.05, 3.63) is 44.5 Å². The number of nitriles is 1. The highest BCUT2D eigenvalue weighted by Gasteiger charge is 2.16. The van der Waals surface area contributed by atoms with Gasteiger partial charge in [-0.2, -0.15) is 5.26 Å². The van der Waals surface area contributed by atoms with Gasteiger partial charge in [0, 0.05) is 0 Å². The summed E-state index contributed by atoms with van der Waals surface area (Å²) < 4.78 is 1.12. The molecule has 0 radical (unpaired) electrons. The standard InChI is InChI=1S/C12H10ClN3O2/c1-6-9(4-3-8(5-14)10(6)13)16-11(17)7(2)15-12(16)18/h3-4,17H,1-2H3,(H,15,18). The van der Waals surface area contributed by atoms with Gasteiger partial charge in [0.05, 0.1) is 22.0 Å². The molecule has 1 heterocycles. The molecule has 0 saturated heterocycles. The van der Waals surface area contributed by atoms with Crippen molar-refractivity contribution in [2.45, 2.75) is 13.8 Å². The van der Waals surface area contributed by atoms with Crippen LogP contribution in [0.3, 0.4) is 0 Å². The summed E-state index contributed by atoms with van der Waals surface area (Å²) in [6, 6.07) is 5.05. The van der Waals surface area contributed by atoms with Crippen molar-refractivity contribution >= 4 is 11.6 Å². The minimum atomic E-state index is -0.450. The lowest BCUT2D eigenvalue weighted by molar-refractivity contribution is 0.437. The fourth-order valence-corrected chi connectivity index (χ4v) is 1.97. The van der Waals surface area contributed by atoms with Gasteiger partial charge in [-0.15, -0.1) is 0 Å². The van der Waals surface area contributed by atoms with Crippen LogP contribution >= 0.6 is 11.6 Å². The number of halogens is 1. The highest BCUT2D eigenvalue weighted by Crippen LogP contribution is 2.28. The van der Waals surface area contributed by atoms with Crippen molar-refractivity contribution in [1.82, 2.24) is 9.55 Å². The molecule has 1 aromatic carbocycles. The first-order valence-corrected chi connectivity index (χ1v) is 5.55. The number of aromatic amines is 1. The quantitative estimate of drug-likeness (QED) is 0.826. The van der Waals surface area contributed by atoms with Crippen LogP contribution in [-0.4, -0.2) is 14.7 Å². The Bertz CT molecular complexity index is 722. The van der Waals surface area contributed by atoms with Gasteiger partial charge in [0.15, 0.2) is 0 Å². The number of imidazole rings is 1. The third kappa shape index (κ3) is 1.67. The molecule has 0 bridgehead atoms. The Labute approximate surface area is 108 Å². The zero-order valence-electron chi connectivity index (χ0n) is 9.78. The lowest BCUT2D eigenvalue weighted by Crippen LogP contribution is -2.15. The van der Waals surface area contributed by atoms with Crippen LogP contribution < -0.4 is 5.69 Å². The summed E-state index contributed by atoms with van der Waals surface area (Å²) in [6.07, 6.45) is 0. The highest BCUT2D eigenvalue weighted by molar-refractivity contribution is 6.32. The molecule has 92 valence electrons. The summed E-state index contributed by atoms with van der Waals surface area (Å²) in [4.78, 5) is 14.2. The summed E-state index contributed by atoms with van der Waals surface area (Å²) in [6.45, 7) is 3.28.